The molecular weight excluding hydrogens is 406 g/mol. The second-order valence-corrected chi connectivity index (χ2v) is 7.43. The molecule has 2 amide bonds. The fourth-order valence-corrected chi connectivity index (χ4v) is 3.41. The lowest BCUT2D eigenvalue weighted by Crippen LogP contribution is -2.44. The number of alkyl carbamates (subject to hydrolysis) is 1. The van der Waals surface area contributed by atoms with Crippen LogP contribution in [0.5, 0.6) is 5.75 Å². The Morgan fingerprint density at radius 2 is 1.75 bits per heavy atom. The van der Waals surface area contributed by atoms with Crippen molar-refractivity contribution in [1.29, 1.82) is 0 Å². The predicted molar refractivity (Wildman–Crippen MR) is 126 cm³/mol. The van der Waals surface area contributed by atoms with Crippen LogP contribution in [0.15, 0.2) is 66.7 Å². The van der Waals surface area contributed by atoms with E-state index >= 15 is 0 Å². The van der Waals surface area contributed by atoms with Gasteiger partial charge in [-0.1, -0.05) is 54.6 Å². The third-order valence-electron chi connectivity index (χ3n) is 5.08. The zero-order valence-electron chi connectivity index (χ0n) is 18.2. The average Bonchev–Trinajstić information content (AvgIpc) is 2.82. The number of hydrogen-bond donors (Lipinski definition) is 3. The summed E-state index contributed by atoms with van der Waals surface area (Å²) < 4.78 is 10.8. The van der Waals surface area contributed by atoms with Gasteiger partial charge in [-0.3, -0.25) is 4.79 Å². The SMILES string of the molecule is COc1cc(NC(=O)C(CCCCN)NC(=O)OCc2ccccc2)cc2ccccc12. The summed E-state index contributed by atoms with van der Waals surface area (Å²) in [5.41, 5.74) is 7.05. The average molecular weight is 436 g/mol. The lowest BCUT2D eigenvalue weighted by molar-refractivity contribution is -0.118. The number of carbonyl (C=O) groups excluding carboxylic acids is 2. The number of methoxy groups -OCH3 is 1. The van der Waals surface area contributed by atoms with Crippen LogP contribution in [0.25, 0.3) is 10.8 Å². The molecule has 7 nitrogen and oxygen atoms in total. The quantitative estimate of drug-likeness (QED) is 0.414. The van der Waals surface area contributed by atoms with Crippen LogP contribution in [0.1, 0.15) is 24.8 Å². The van der Waals surface area contributed by atoms with E-state index in [4.69, 9.17) is 15.2 Å². The van der Waals surface area contributed by atoms with Crippen molar-refractivity contribution in [1.82, 2.24) is 5.32 Å². The van der Waals surface area contributed by atoms with E-state index in [1.807, 2.05) is 60.7 Å². The molecule has 3 rings (SSSR count). The number of nitrogens with two attached hydrogens (primary N) is 1. The fraction of sp³-hybridized carbons (Fsp3) is 0.280. The van der Waals surface area contributed by atoms with E-state index in [1.165, 1.54) is 0 Å². The number of benzene rings is 3. The fourth-order valence-electron chi connectivity index (χ4n) is 3.41. The van der Waals surface area contributed by atoms with E-state index in [0.717, 1.165) is 22.8 Å². The molecule has 0 bridgehead atoms. The zero-order chi connectivity index (χ0) is 22.8. The van der Waals surface area contributed by atoms with Crippen molar-refractivity contribution in [3.05, 3.63) is 72.3 Å². The van der Waals surface area contributed by atoms with E-state index in [0.29, 0.717) is 30.8 Å². The van der Waals surface area contributed by atoms with Crippen molar-refractivity contribution < 1.29 is 19.1 Å². The Morgan fingerprint density at radius 3 is 2.50 bits per heavy atom. The van der Waals surface area contributed by atoms with Gasteiger partial charge in [-0.05, 0) is 42.8 Å². The van der Waals surface area contributed by atoms with Gasteiger partial charge >= 0.3 is 6.09 Å². The van der Waals surface area contributed by atoms with Crippen LogP contribution in [0.4, 0.5) is 10.5 Å². The van der Waals surface area contributed by atoms with Crippen LogP contribution < -0.4 is 21.1 Å². The highest BCUT2D eigenvalue weighted by atomic mass is 16.5. The molecule has 0 spiro atoms. The molecule has 0 fully saturated rings. The summed E-state index contributed by atoms with van der Waals surface area (Å²) in [7, 11) is 1.59. The van der Waals surface area contributed by atoms with Gasteiger partial charge in [-0.2, -0.15) is 0 Å². The van der Waals surface area contributed by atoms with Crippen molar-refractivity contribution >= 4 is 28.5 Å². The Kier molecular flexibility index (Phi) is 8.45. The van der Waals surface area contributed by atoms with E-state index in [2.05, 4.69) is 10.6 Å². The predicted octanol–water partition coefficient (Wildman–Crippen LogP) is 4.21. The molecule has 0 aromatic heterocycles. The van der Waals surface area contributed by atoms with Crippen LogP contribution in [0.2, 0.25) is 0 Å². The van der Waals surface area contributed by atoms with Gasteiger partial charge in [0.1, 0.15) is 18.4 Å². The highest BCUT2D eigenvalue weighted by Gasteiger charge is 2.22. The summed E-state index contributed by atoms with van der Waals surface area (Å²) in [6, 6.07) is 20.0. The molecule has 0 saturated heterocycles. The Bertz CT molecular complexity index is 1040. The molecule has 168 valence electrons. The second kappa shape index (κ2) is 11.7. The van der Waals surface area contributed by atoms with Gasteiger partial charge in [0.25, 0.3) is 0 Å². The van der Waals surface area contributed by atoms with Gasteiger partial charge in [0, 0.05) is 17.1 Å². The zero-order valence-corrected chi connectivity index (χ0v) is 18.2. The lowest BCUT2D eigenvalue weighted by atomic mass is 10.1. The smallest absolute Gasteiger partial charge is 0.408 e. The summed E-state index contributed by atoms with van der Waals surface area (Å²) >= 11 is 0. The summed E-state index contributed by atoms with van der Waals surface area (Å²) in [6.45, 7) is 0.653. The summed E-state index contributed by atoms with van der Waals surface area (Å²) in [5.74, 6) is 0.337. The molecular formula is C25H29N3O4. The number of rotatable bonds is 10. The molecule has 3 aromatic carbocycles. The van der Waals surface area contributed by atoms with Gasteiger partial charge in [0.05, 0.1) is 7.11 Å². The van der Waals surface area contributed by atoms with E-state index in [-0.39, 0.29) is 12.5 Å². The van der Waals surface area contributed by atoms with Crippen molar-refractivity contribution in [2.75, 3.05) is 19.0 Å². The molecule has 0 aliphatic rings. The van der Waals surface area contributed by atoms with Crippen LogP contribution >= 0.6 is 0 Å². The molecule has 0 aliphatic heterocycles. The number of anilines is 1. The van der Waals surface area contributed by atoms with Crippen molar-refractivity contribution in [2.45, 2.75) is 31.9 Å². The molecule has 0 radical (unpaired) electrons. The topological polar surface area (TPSA) is 103 Å². The van der Waals surface area contributed by atoms with Crippen LogP contribution in [0, 0.1) is 0 Å². The molecule has 0 aliphatic carbocycles. The molecule has 1 unspecified atom stereocenters. The number of ether oxygens (including phenoxy) is 2. The van der Waals surface area contributed by atoms with Crippen LogP contribution in [-0.2, 0) is 16.1 Å². The van der Waals surface area contributed by atoms with Crippen LogP contribution in [0.3, 0.4) is 0 Å². The van der Waals surface area contributed by atoms with Crippen LogP contribution in [-0.4, -0.2) is 31.7 Å². The van der Waals surface area contributed by atoms with Crippen molar-refractivity contribution in [3.63, 3.8) is 0 Å². The standard InChI is InChI=1S/C25H29N3O4/c1-31-23-16-20(15-19-11-5-6-12-21(19)23)27-24(29)22(13-7-8-14-26)28-25(30)32-17-18-9-3-2-4-10-18/h2-6,9-12,15-16,22H,7-8,13-14,17,26H2,1H3,(H,27,29)(H,28,30). The third kappa shape index (κ3) is 6.46. The first kappa shape index (κ1) is 23.1. The summed E-state index contributed by atoms with van der Waals surface area (Å²) in [4.78, 5) is 25.3. The highest BCUT2D eigenvalue weighted by molar-refractivity contribution is 6.00. The number of carbonyl (C=O) groups is 2. The monoisotopic (exact) mass is 435 g/mol. The molecule has 0 heterocycles. The van der Waals surface area contributed by atoms with Crippen molar-refractivity contribution in [3.8, 4) is 5.75 Å². The summed E-state index contributed by atoms with van der Waals surface area (Å²) in [5, 5.41) is 7.48. The van der Waals surface area contributed by atoms with Gasteiger partial charge in [0.2, 0.25) is 5.91 Å². The van der Waals surface area contributed by atoms with Gasteiger partial charge < -0.3 is 25.8 Å². The normalized spacial score (nSPS) is 11.6. The number of hydrogen-bond acceptors (Lipinski definition) is 5. The van der Waals surface area contributed by atoms with E-state index in [1.54, 1.807) is 13.2 Å². The molecule has 7 heteroatoms. The second-order valence-electron chi connectivity index (χ2n) is 7.43. The van der Waals surface area contributed by atoms with Gasteiger partial charge in [-0.25, -0.2) is 4.79 Å². The first-order valence-electron chi connectivity index (χ1n) is 10.7. The van der Waals surface area contributed by atoms with Gasteiger partial charge in [0.15, 0.2) is 0 Å². The maximum Gasteiger partial charge on any atom is 0.408 e. The number of unbranched alkanes of at least 4 members (excludes halogenated alkanes) is 1. The van der Waals surface area contributed by atoms with Gasteiger partial charge in [-0.15, -0.1) is 0 Å². The van der Waals surface area contributed by atoms with Crippen molar-refractivity contribution in [2.24, 2.45) is 5.73 Å². The number of amides is 2. The maximum absolute atomic E-state index is 13.0. The highest BCUT2D eigenvalue weighted by Crippen LogP contribution is 2.29. The first-order chi connectivity index (χ1) is 15.6. The Labute approximate surface area is 187 Å². The molecule has 32 heavy (non-hydrogen) atoms. The first-order valence-corrected chi connectivity index (χ1v) is 10.7. The maximum atomic E-state index is 13.0. The largest absolute Gasteiger partial charge is 0.496 e. The molecule has 0 saturated carbocycles. The molecule has 3 aromatic rings. The Morgan fingerprint density at radius 1 is 1.00 bits per heavy atom. The Balaban J connectivity index is 1.68. The number of fused-ring (bicyclic) bond motifs is 1. The number of nitrogens with one attached hydrogen (secondary N) is 2. The lowest BCUT2D eigenvalue weighted by Gasteiger charge is -2.19. The minimum atomic E-state index is -0.748. The minimum absolute atomic E-state index is 0.131. The third-order valence-corrected chi connectivity index (χ3v) is 5.08. The molecule has 4 N–H and O–H groups in total. The minimum Gasteiger partial charge on any atom is -0.496 e. The summed E-state index contributed by atoms with van der Waals surface area (Å²) in [6.07, 6.45) is 1.27. The Hall–Kier alpha value is -3.58. The van der Waals surface area contributed by atoms with E-state index in [9.17, 15) is 9.59 Å². The molecule has 1 atom stereocenters. The van der Waals surface area contributed by atoms with E-state index < -0.39 is 12.1 Å².